The summed E-state index contributed by atoms with van der Waals surface area (Å²) < 4.78 is 26.0. The van der Waals surface area contributed by atoms with E-state index in [2.05, 4.69) is 10.3 Å². The Morgan fingerprint density at radius 2 is 2.07 bits per heavy atom. The van der Waals surface area contributed by atoms with E-state index in [-0.39, 0.29) is 18.0 Å². The summed E-state index contributed by atoms with van der Waals surface area (Å²) in [7, 11) is -1.11. The second-order valence-corrected chi connectivity index (χ2v) is 9.14. The third kappa shape index (κ3) is 2.82. The lowest BCUT2D eigenvalue weighted by molar-refractivity contribution is 0.143. The molecule has 5 rings (SSSR count). The Morgan fingerprint density at radius 1 is 1.26 bits per heavy atom. The zero-order chi connectivity index (χ0) is 18.6. The standard InChI is InChI=1S/C19H21FN4O2S/c20-14-3-2-12-9-24(10-13(12)8-14)18-21-15-4-7-27(26)16(15)17(22-18)23-19(11-25)5-1-6-19/h2-3,8,25H,1,4-7,9-11H2,(H,21,22,23)/t27-/m0/s1. The van der Waals surface area contributed by atoms with Crippen LogP contribution in [-0.4, -0.2) is 37.2 Å². The minimum atomic E-state index is -1.11. The molecule has 1 aromatic carbocycles. The van der Waals surface area contributed by atoms with E-state index in [0.29, 0.717) is 41.9 Å². The second-order valence-electron chi connectivity index (χ2n) is 7.63. The van der Waals surface area contributed by atoms with Crippen LogP contribution in [0, 0.1) is 5.82 Å². The van der Waals surface area contributed by atoms with Gasteiger partial charge in [0.15, 0.2) is 0 Å². The molecule has 27 heavy (non-hydrogen) atoms. The molecule has 1 fully saturated rings. The van der Waals surface area contributed by atoms with Crippen molar-refractivity contribution < 1.29 is 13.7 Å². The SMILES string of the molecule is O=[S@]1CCc2nc(N3Cc4ccc(F)cc4C3)nc(NC3(CO)CCC3)c21. The van der Waals surface area contributed by atoms with Gasteiger partial charge in [0.1, 0.15) is 16.5 Å². The number of aliphatic hydroxyl groups excluding tert-OH is 1. The van der Waals surface area contributed by atoms with Crippen molar-refractivity contribution in [3.8, 4) is 0 Å². The van der Waals surface area contributed by atoms with Crippen LogP contribution in [0.2, 0.25) is 0 Å². The zero-order valence-corrected chi connectivity index (χ0v) is 15.7. The molecule has 6 nitrogen and oxygen atoms in total. The van der Waals surface area contributed by atoms with Gasteiger partial charge in [-0.2, -0.15) is 4.98 Å². The molecule has 0 unspecified atom stereocenters. The number of benzene rings is 1. The van der Waals surface area contributed by atoms with Gasteiger partial charge in [0.2, 0.25) is 5.95 Å². The maximum absolute atomic E-state index is 13.5. The van der Waals surface area contributed by atoms with Crippen LogP contribution in [0.3, 0.4) is 0 Å². The summed E-state index contributed by atoms with van der Waals surface area (Å²) in [4.78, 5) is 12.1. The summed E-state index contributed by atoms with van der Waals surface area (Å²) in [6.45, 7) is 1.21. The van der Waals surface area contributed by atoms with Crippen LogP contribution in [0.15, 0.2) is 23.1 Å². The van der Waals surface area contributed by atoms with Crippen molar-refractivity contribution >= 4 is 22.6 Å². The average molecular weight is 388 g/mol. The van der Waals surface area contributed by atoms with Crippen LogP contribution >= 0.6 is 0 Å². The first kappa shape index (κ1) is 17.1. The number of rotatable bonds is 4. The summed E-state index contributed by atoms with van der Waals surface area (Å²) >= 11 is 0. The number of aliphatic hydroxyl groups is 1. The largest absolute Gasteiger partial charge is 0.394 e. The molecule has 0 saturated heterocycles. The number of nitrogens with zero attached hydrogens (tertiary/aromatic N) is 3. The third-order valence-electron chi connectivity index (χ3n) is 5.85. The maximum atomic E-state index is 13.5. The van der Waals surface area contributed by atoms with Crippen LogP contribution < -0.4 is 10.2 Å². The second kappa shape index (κ2) is 6.24. The Hall–Kier alpha value is -2.06. The molecular formula is C19H21FN4O2S. The van der Waals surface area contributed by atoms with E-state index < -0.39 is 10.8 Å². The molecule has 1 atom stereocenters. The van der Waals surface area contributed by atoms with Crippen molar-refractivity contribution in [1.82, 2.24) is 9.97 Å². The van der Waals surface area contributed by atoms with Gasteiger partial charge in [0, 0.05) is 25.3 Å². The molecule has 8 heteroatoms. The highest BCUT2D eigenvalue weighted by atomic mass is 32.2. The van der Waals surface area contributed by atoms with E-state index in [1.807, 2.05) is 4.90 Å². The molecule has 3 aliphatic rings. The molecule has 0 bridgehead atoms. The predicted molar refractivity (Wildman–Crippen MR) is 101 cm³/mol. The highest BCUT2D eigenvalue weighted by Crippen LogP contribution is 2.39. The molecule has 2 aromatic rings. The number of aryl methyl sites for hydroxylation is 1. The Balaban J connectivity index is 1.51. The van der Waals surface area contributed by atoms with Crippen molar-refractivity contribution in [2.75, 3.05) is 22.6 Å². The smallest absolute Gasteiger partial charge is 0.228 e. The quantitative estimate of drug-likeness (QED) is 0.836. The van der Waals surface area contributed by atoms with Crippen molar-refractivity contribution in [2.24, 2.45) is 0 Å². The van der Waals surface area contributed by atoms with Gasteiger partial charge in [-0.25, -0.2) is 9.37 Å². The number of hydrogen-bond acceptors (Lipinski definition) is 6. The zero-order valence-electron chi connectivity index (χ0n) is 14.9. The fourth-order valence-electron chi connectivity index (χ4n) is 4.09. The van der Waals surface area contributed by atoms with Gasteiger partial charge in [0.25, 0.3) is 0 Å². The van der Waals surface area contributed by atoms with Gasteiger partial charge >= 0.3 is 0 Å². The van der Waals surface area contributed by atoms with E-state index in [1.54, 1.807) is 12.1 Å². The maximum Gasteiger partial charge on any atom is 0.228 e. The van der Waals surface area contributed by atoms with Crippen molar-refractivity contribution in [1.29, 1.82) is 0 Å². The minimum absolute atomic E-state index is 0.0299. The monoisotopic (exact) mass is 388 g/mol. The number of anilines is 2. The van der Waals surface area contributed by atoms with Crippen LogP contribution in [0.5, 0.6) is 0 Å². The lowest BCUT2D eigenvalue weighted by Crippen LogP contribution is -2.48. The molecule has 0 amide bonds. The van der Waals surface area contributed by atoms with Crippen LogP contribution in [0.1, 0.15) is 36.1 Å². The van der Waals surface area contributed by atoms with E-state index in [9.17, 15) is 13.7 Å². The first-order chi connectivity index (χ1) is 13.1. The molecule has 0 radical (unpaired) electrons. The van der Waals surface area contributed by atoms with E-state index in [1.165, 1.54) is 6.07 Å². The Labute approximate surface area is 159 Å². The molecule has 1 aromatic heterocycles. The third-order valence-corrected chi connectivity index (χ3v) is 7.31. The van der Waals surface area contributed by atoms with Gasteiger partial charge in [-0.15, -0.1) is 0 Å². The van der Waals surface area contributed by atoms with Crippen molar-refractivity contribution in [2.45, 2.75) is 49.2 Å². The summed E-state index contributed by atoms with van der Waals surface area (Å²) in [5.41, 5.74) is 2.46. The Bertz CT molecular complexity index is 942. The van der Waals surface area contributed by atoms with Gasteiger partial charge < -0.3 is 15.3 Å². The van der Waals surface area contributed by atoms with Crippen molar-refractivity contribution in [3.05, 3.63) is 40.8 Å². The van der Waals surface area contributed by atoms with E-state index in [4.69, 9.17) is 4.98 Å². The fraction of sp³-hybridized carbons (Fsp3) is 0.474. The lowest BCUT2D eigenvalue weighted by atomic mass is 9.77. The normalized spacial score (nSPS) is 22.3. The fourth-order valence-corrected chi connectivity index (χ4v) is 5.40. The minimum Gasteiger partial charge on any atom is -0.394 e. The summed E-state index contributed by atoms with van der Waals surface area (Å²) in [6.07, 6.45) is 3.47. The molecule has 3 heterocycles. The number of fused-ring (bicyclic) bond motifs is 2. The first-order valence-electron chi connectivity index (χ1n) is 9.27. The van der Waals surface area contributed by atoms with Crippen molar-refractivity contribution in [3.63, 3.8) is 0 Å². The summed E-state index contributed by atoms with van der Waals surface area (Å²) in [5, 5.41) is 13.2. The van der Waals surface area contributed by atoms with E-state index in [0.717, 1.165) is 36.1 Å². The molecule has 0 spiro atoms. The average Bonchev–Trinajstić information content (AvgIpc) is 3.21. The predicted octanol–water partition coefficient (Wildman–Crippen LogP) is 2.13. The van der Waals surface area contributed by atoms with Gasteiger partial charge in [0.05, 0.1) is 28.6 Å². The van der Waals surface area contributed by atoms with Crippen LogP contribution in [0.25, 0.3) is 0 Å². The molecule has 1 saturated carbocycles. The first-order valence-corrected chi connectivity index (χ1v) is 10.6. The Morgan fingerprint density at radius 3 is 2.81 bits per heavy atom. The molecule has 2 aliphatic heterocycles. The summed E-state index contributed by atoms with van der Waals surface area (Å²) in [5.74, 6) is 1.47. The van der Waals surface area contributed by atoms with Crippen LogP contribution in [0.4, 0.5) is 16.2 Å². The number of nitrogens with one attached hydrogen (secondary N) is 1. The number of halogens is 1. The molecular weight excluding hydrogens is 367 g/mol. The van der Waals surface area contributed by atoms with E-state index >= 15 is 0 Å². The Kier molecular flexibility index (Phi) is 3.94. The highest BCUT2D eigenvalue weighted by molar-refractivity contribution is 7.85. The number of hydrogen-bond donors (Lipinski definition) is 2. The lowest BCUT2D eigenvalue weighted by Gasteiger charge is -2.41. The van der Waals surface area contributed by atoms with Gasteiger partial charge in [-0.1, -0.05) is 6.07 Å². The van der Waals surface area contributed by atoms with Gasteiger partial charge in [-0.05, 0) is 42.5 Å². The summed E-state index contributed by atoms with van der Waals surface area (Å²) in [6, 6.07) is 4.84. The number of aromatic nitrogens is 2. The molecule has 1 aliphatic carbocycles. The molecule has 2 N–H and O–H groups in total. The highest BCUT2D eigenvalue weighted by Gasteiger charge is 2.39. The van der Waals surface area contributed by atoms with Gasteiger partial charge in [-0.3, -0.25) is 4.21 Å². The van der Waals surface area contributed by atoms with Crippen LogP contribution in [-0.2, 0) is 30.3 Å². The molecule has 142 valence electrons. The topological polar surface area (TPSA) is 78.4 Å².